The average molecular weight is 226 g/mol. The van der Waals surface area contributed by atoms with Gasteiger partial charge >= 0.3 is 7.60 Å². The maximum atomic E-state index is 11.1. The number of hydrogen-bond acceptors (Lipinski definition) is 4. The molecule has 2 aromatic rings. The van der Waals surface area contributed by atoms with E-state index in [1.165, 1.54) is 30.9 Å². The summed E-state index contributed by atoms with van der Waals surface area (Å²) in [4.78, 5) is 25.6. The normalized spacial score (nSPS) is 11.6. The topological polar surface area (TPSA) is 96.5 Å². The Hall–Kier alpha value is -1.49. The maximum absolute atomic E-state index is 11.1. The quantitative estimate of drug-likeness (QED) is 0.725. The second kappa shape index (κ2) is 3.58. The lowest BCUT2D eigenvalue weighted by Crippen LogP contribution is -2.04. The smallest absolute Gasteiger partial charge is 0.360 e. The molecule has 0 fully saturated rings. The summed E-state index contributed by atoms with van der Waals surface area (Å²) >= 11 is 0. The Balaban J connectivity index is 2.56. The molecule has 7 heteroatoms. The highest BCUT2D eigenvalue weighted by Crippen LogP contribution is 2.37. The molecule has 0 atom stereocenters. The highest BCUT2D eigenvalue weighted by Gasteiger charge is 2.25. The highest BCUT2D eigenvalue weighted by molar-refractivity contribution is 7.60. The first-order valence-corrected chi connectivity index (χ1v) is 5.60. The van der Waals surface area contributed by atoms with Crippen molar-refractivity contribution in [2.24, 2.45) is 0 Å². The van der Waals surface area contributed by atoms with Crippen LogP contribution >= 0.6 is 7.60 Å². The average Bonchev–Trinajstić information content (AvgIpc) is 2.67. The summed E-state index contributed by atoms with van der Waals surface area (Å²) in [6.07, 6.45) is 3.96. The first kappa shape index (κ1) is 10.0. The molecule has 78 valence electrons. The van der Waals surface area contributed by atoms with Crippen molar-refractivity contribution in [3.63, 3.8) is 0 Å². The Kier molecular flexibility index (Phi) is 2.40. The SMILES string of the molecule is O=P(O)(O)c1ccoc1-c1ccncn1. The zero-order chi connectivity index (χ0) is 10.9. The number of hydrogen-bond donors (Lipinski definition) is 2. The molecular weight excluding hydrogens is 219 g/mol. The predicted octanol–water partition coefficient (Wildman–Crippen LogP) is 0.540. The van der Waals surface area contributed by atoms with Crippen LogP contribution in [0, 0.1) is 0 Å². The number of aromatic nitrogens is 2. The van der Waals surface area contributed by atoms with Crippen LogP contribution in [0.4, 0.5) is 0 Å². The van der Waals surface area contributed by atoms with E-state index in [0.717, 1.165) is 0 Å². The summed E-state index contributed by atoms with van der Waals surface area (Å²) in [7, 11) is -4.33. The molecule has 15 heavy (non-hydrogen) atoms. The molecule has 0 aliphatic carbocycles. The fraction of sp³-hybridized carbons (Fsp3) is 0. The fourth-order valence-electron chi connectivity index (χ4n) is 1.15. The molecule has 0 saturated heterocycles. The Morgan fingerprint density at radius 1 is 1.33 bits per heavy atom. The lowest BCUT2D eigenvalue weighted by molar-refractivity contribution is 0.387. The number of rotatable bonds is 2. The zero-order valence-electron chi connectivity index (χ0n) is 7.44. The van der Waals surface area contributed by atoms with Gasteiger partial charge in [0.05, 0.1) is 6.26 Å². The number of furan rings is 1. The molecule has 0 aliphatic rings. The van der Waals surface area contributed by atoms with Crippen molar-refractivity contribution < 1.29 is 18.8 Å². The van der Waals surface area contributed by atoms with Gasteiger partial charge in [-0.25, -0.2) is 9.97 Å². The number of nitrogens with zero attached hydrogens (tertiary/aromatic N) is 2. The van der Waals surface area contributed by atoms with Gasteiger partial charge in [-0.15, -0.1) is 0 Å². The van der Waals surface area contributed by atoms with Gasteiger partial charge in [0.1, 0.15) is 17.3 Å². The van der Waals surface area contributed by atoms with Crippen molar-refractivity contribution in [2.45, 2.75) is 0 Å². The van der Waals surface area contributed by atoms with Crippen molar-refractivity contribution in [3.8, 4) is 11.5 Å². The lowest BCUT2D eigenvalue weighted by Gasteiger charge is -2.02. The van der Waals surface area contributed by atoms with E-state index in [1.54, 1.807) is 0 Å². The first-order valence-electron chi connectivity index (χ1n) is 3.99. The van der Waals surface area contributed by atoms with Crippen LogP contribution in [-0.2, 0) is 4.57 Å². The van der Waals surface area contributed by atoms with Crippen LogP contribution in [0.1, 0.15) is 0 Å². The van der Waals surface area contributed by atoms with E-state index in [1.807, 2.05) is 0 Å². The molecule has 0 bridgehead atoms. The van der Waals surface area contributed by atoms with Crippen molar-refractivity contribution in [1.82, 2.24) is 9.97 Å². The molecule has 0 aliphatic heterocycles. The van der Waals surface area contributed by atoms with E-state index in [9.17, 15) is 4.57 Å². The summed E-state index contributed by atoms with van der Waals surface area (Å²) in [6, 6.07) is 2.75. The van der Waals surface area contributed by atoms with Gasteiger partial charge in [-0.1, -0.05) is 0 Å². The molecule has 0 saturated carbocycles. The summed E-state index contributed by atoms with van der Waals surface area (Å²) in [5, 5.41) is -0.166. The predicted molar refractivity (Wildman–Crippen MR) is 51.4 cm³/mol. The monoisotopic (exact) mass is 226 g/mol. The van der Waals surface area contributed by atoms with Gasteiger partial charge in [-0.2, -0.15) is 0 Å². The van der Waals surface area contributed by atoms with Crippen molar-refractivity contribution in [2.75, 3.05) is 0 Å². The summed E-state index contributed by atoms with van der Waals surface area (Å²) in [6.45, 7) is 0. The zero-order valence-corrected chi connectivity index (χ0v) is 8.33. The van der Waals surface area contributed by atoms with Crippen LogP contribution in [-0.4, -0.2) is 19.8 Å². The molecule has 2 N–H and O–H groups in total. The third-order valence-electron chi connectivity index (χ3n) is 1.77. The molecule has 2 aromatic heterocycles. The minimum atomic E-state index is -4.33. The second-order valence-corrected chi connectivity index (χ2v) is 4.34. The van der Waals surface area contributed by atoms with Crippen LogP contribution < -0.4 is 5.30 Å². The van der Waals surface area contributed by atoms with E-state index >= 15 is 0 Å². The van der Waals surface area contributed by atoms with Crippen molar-refractivity contribution >= 4 is 12.9 Å². The second-order valence-electron chi connectivity index (χ2n) is 2.77. The molecule has 2 heterocycles. The van der Waals surface area contributed by atoms with Gasteiger partial charge in [0.2, 0.25) is 0 Å². The Morgan fingerprint density at radius 3 is 2.73 bits per heavy atom. The van der Waals surface area contributed by atoms with Crippen LogP contribution in [0.3, 0.4) is 0 Å². The minimum absolute atomic E-state index is 0.0748. The van der Waals surface area contributed by atoms with Crippen molar-refractivity contribution in [3.05, 3.63) is 30.9 Å². The molecule has 0 spiro atoms. The fourth-order valence-corrected chi connectivity index (χ4v) is 1.84. The highest BCUT2D eigenvalue weighted by atomic mass is 31.2. The van der Waals surface area contributed by atoms with E-state index in [2.05, 4.69) is 9.97 Å². The van der Waals surface area contributed by atoms with E-state index < -0.39 is 7.60 Å². The Bertz CT molecular complexity index is 504. The minimum Gasteiger partial charge on any atom is -0.462 e. The maximum Gasteiger partial charge on any atom is 0.360 e. The third-order valence-corrected chi connectivity index (χ3v) is 2.75. The standard InChI is InChI=1S/C8H7N2O4P/c11-15(12,13)7-2-4-14-8(7)6-1-3-9-5-10-6/h1-5H,(H2,11,12,13). The Morgan fingerprint density at radius 2 is 2.13 bits per heavy atom. The van der Waals surface area contributed by atoms with Crippen molar-refractivity contribution in [1.29, 1.82) is 0 Å². The van der Waals surface area contributed by atoms with Crippen LogP contribution in [0.5, 0.6) is 0 Å². The van der Waals surface area contributed by atoms with Gasteiger partial charge in [0.15, 0.2) is 5.76 Å². The summed E-state index contributed by atoms with van der Waals surface area (Å²) in [5.74, 6) is 0.0748. The largest absolute Gasteiger partial charge is 0.462 e. The van der Waals surface area contributed by atoms with Gasteiger partial charge in [-0.05, 0) is 12.1 Å². The lowest BCUT2D eigenvalue weighted by atomic mass is 10.3. The van der Waals surface area contributed by atoms with E-state index in [4.69, 9.17) is 14.2 Å². The van der Waals surface area contributed by atoms with Crippen LogP contribution in [0.15, 0.2) is 35.3 Å². The molecule has 0 unspecified atom stereocenters. The summed E-state index contributed by atoms with van der Waals surface area (Å²) < 4.78 is 16.1. The van der Waals surface area contributed by atoms with E-state index in [-0.39, 0.29) is 11.1 Å². The van der Waals surface area contributed by atoms with Gasteiger partial charge in [-0.3, -0.25) is 4.57 Å². The third kappa shape index (κ3) is 1.97. The molecule has 6 nitrogen and oxygen atoms in total. The Labute approximate surface area is 84.8 Å². The van der Waals surface area contributed by atoms with Gasteiger partial charge < -0.3 is 14.2 Å². The van der Waals surface area contributed by atoms with E-state index in [0.29, 0.717) is 5.69 Å². The molecule has 0 radical (unpaired) electrons. The van der Waals surface area contributed by atoms with Gasteiger partial charge in [0.25, 0.3) is 0 Å². The molecular formula is C8H7N2O4P. The first-order chi connectivity index (χ1) is 7.09. The van der Waals surface area contributed by atoms with Crippen LogP contribution in [0.2, 0.25) is 0 Å². The summed E-state index contributed by atoms with van der Waals surface area (Å²) in [5.41, 5.74) is 0.341. The molecule has 2 rings (SSSR count). The molecule has 0 amide bonds. The van der Waals surface area contributed by atoms with Gasteiger partial charge in [0, 0.05) is 6.20 Å². The van der Waals surface area contributed by atoms with Crippen LogP contribution in [0.25, 0.3) is 11.5 Å². The molecule has 0 aromatic carbocycles.